The number of piperazine rings is 1. The summed E-state index contributed by atoms with van der Waals surface area (Å²) in [5, 5.41) is 6.02. The summed E-state index contributed by atoms with van der Waals surface area (Å²) in [5.74, 6) is 0.165. The van der Waals surface area contributed by atoms with E-state index in [0.29, 0.717) is 37.5 Å². The number of H-pyrrole nitrogens is 1. The zero-order chi connectivity index (χ0) is 18.7. The Morgan fingerprint density at radius 2 is 1.69 bits per heavy atom. The molecule has 0 atom stereocenters. The van der Waals surface area contributed by atoms with Crippen molar-refractivity contribution in [2.75, 3.05) is 33.3 Å². The molecule has 26 heavy (non-hydrogen) atoms. The third kappa shape index (κ3) is 3.58. The van der Waals surface area contributed by atoms with Crippen molar-refractivity contribution in [1.82, 2.24) is 20.0 Å². The standard InChI is InChI=1S/C18H20N4O4/c1-12-3-5-15(26-2)13(11-12)17(24)21-7-9-22(10-8-21)18(25)14-4-6-16(23)20-19-14/h3-6,11H,7-10H2,1-2H3,(H,20,23). The normalized spacial score (nSPS) is 14.2. The first-order valence-corrected chi connectivity index (χ1v) is 8.28. The van der Waals surface area contributed by atoms with Gasteiger partial charge in [-0.1, -0.05) is 11.6 Å². The number of aromatic amines is 1. The Labute approximate surface area is 150 Å². The summed E-state index contributed by atoms with van der Waals surface area (Å²) in [5.41, 5.74) is 1.33. The third-order valence-corrected chi connectivity index (χ3v) is 4.34. The predicted molar refractivity (Wildman–Crippen MR) is 94.4 cm³/mol. The Hall–Kier alpha value is -3.16. The molecule has 3 rings (SSSR count). The van der Waals surface area contributed by atoms with Crippen molar-refractivity contribution in [3.05, 3.63) is 57.5 Å². The van der Waals surface area contributed by atoms with E-state index >= 15 is 0 Å². The van der Waals surface area contributed by atoms with Crippen LogP contribution in [-0.4, -0.2) is 65.1 Å². The zero-order valence-corrected chi connectivity index (χ0v) is 14.7. The lowest BCUT2D eigenvalue weighted by molar-refractivity contribution is 0.0529. The highest BCUT2D eigenvalue weighted by Crippen LogP contribution is 2.22. The van der Waals surface area contributed by atoms with Gasteiger partial charge in [-0.05, 0) is 25.1 Å². The second-order valence-corrected chi connectivity index (χ2v) is 6.09. The number of hydrogen-bond acceptors (Lipinski definition) is 5. The molecule has 1 aromatic heterocycles. The smallest absolute Gasteiger partial charge is 0.274 e. The van der Waals surface area contributed by atoms with E-state index < -0.39 is 0 Å². The second kappa shape index (κ2) is 7.38. The molecule has 8 heteroatoms. The van der Waals surface area contributed by atoms with Crippen molar-refractivity contribution >= 4 is 11.8 Å². The number of ether oxygens (including phenoxy) is 1. The molecule has 0 bridgehead atoms. The van der Waals surface area contributed by atoms with Gasteiger partial charge in [-0.25, -0.2) is 5.10 Å². The van der Waals surface area contributed by atoms with Crippen LogP contribution in [0.3, 0.4) is 0 Å². The highest BCUT2D eigenvalue weighted by molar-refractivity contribution is 5.97. The fraction of sp³-hybridized carbons (Fsp3) is 0.333. The van der Waals surface area contributed by atoms with Gasteiger partial charge in [0.25, 0.3) is 17.4 Å². The molecule has 136 valence electrons. The number of nitrogens with zero attached hydrogens (tertiary/aromatic N) is 3. The molecule has 0 spiro atoms. The van der Waals surface area contributed by atoms with E-state index in [0.717, 1.165) is 5.56 Å². The fourth-order valence-electron chi connectivity index (χ4n) is 2.90. The molecule has 0 unspecified atom stereocenters. The lowest BCUT2D eigenvalue weighted by Crippen LogP contribution is -2.50. The highest BCUT2D eigenvalue weighted by atomic mass is 16.5. The van der Waals surface area contributed by atoms with Crippen LogP contribution in [0.25, 0.3) is 0 Å². The maximum atomic E-state index is 12.8. The minimum Gasteiger partial charge on any atom is -0.496 e. The van der Waals surface area contributed by atoms with E-state index in [2.05, 4.69) is 10.2 Å². The van der Waals surface area contributed by atoms with Crippen LogP contribution in [0, 0.1) is 6.92 Å². The van der Waals surface area contributed by atoms with Crippen LogP contribution < -0.4 is 10.3 Å². The first-order chi connectivity index (χ1) is 12.5. The summed E-state index contributed by atoms with van der Waals surface area (Å²) in [6, 6.07) is 8.15. The molecule has 0 aliphatic carbocycles. The summed E-state index contributed by atoms with van der Waals surface area (Å²) >= 11 is 0. The van der Waals surface area contributed by atoms with E-state index in [1.54, 1.807) is 15.9 Å². The Morgan fingerprint density at radius 1 is 1.04 bits per heavy atom. The lowest BCUT2D eigenvalue weighted by atomic mass is 10.1. The van der Waals surface area contributed by atoms with Crippen LogP contribution in [0.1, 0.15) is 26.4 Å². The molecule has 0 saturated carbocycles. The quantitative estimate of drug-likeness (QED) is 0.873. The van der Waals surface area contributed by atoms with Gasteiger partial charge >= 0.3 is 0 Å². The number of methoxy groups -OCH3 is 1. The van der Waals surface area contributed by atoms with Crippen LogP contribution in [-0.2, 0) is 0 Å². The summed E-state index contributed by atoms with van der Waals surface area (Å²) in [6.45, 7) is 3.57. The first kappa shape index (κ1) is 17.7. The second-order valence-electron chi connectivity index (χ2n) is 6.09. The van der Waals surface area contributed by atoms with Gasteiger partial charge in [-0.3, -0.25) is 14.4 Å². The van der Waals surface area contributed by atoms with Crippen LogP contribution in [0.2, 0.25) is 0 Å². The SMILES string of the molecule is COc1ccc(C)cc1C(=O)N1CCN(C(=O)c2ccc(=O)[nH]n2)CC1. The number of amides is 2. The van der Waals surface area contributed by atoms with Gasteiger partial charge in [0.15, 0.2) is 0 Å². The molecule has 2 amide bonds. The van der Waals surface area contributed by atoms with Gasteiger partial charge in [0.2, 0.25) is 0 Å². The Morgan fingerprint density at radius 3 is 2.27 bits per heavy atom. The van der Waals surface area contributed by atoms with E-state index in [1.165, 1.54) is 19.2 Å². The molecule has 2 heterocycles. The summed E-state index contributed by atoms with van der Waals surface area (Å²) in [7, 11) is 1.54. The van der Waals surface area contributed by atoms with Gasteiger partial charge in [0, 0.05) is 32.2 Å². The van der Waals surface area contributed by atoms with E-state index in [1.807, 2.05) is 19.1 Å². The van der Waals surface area contributed by atoms with Gasteiger partial charge in [0.1, 0.15) is 11.4 Å². The van der Waals surface area contributed by atoms with Gasteiger partial charge in [-0.15, -0.1) is 0 Å². The highest BCUT2D eigenvalue weighted by Gasteiger charge is 2.27. The molecule has 1 N–H and O–H groups in total. The molecule has 1 aliphatic heterocycles. The van der Waals surface area contributed by atoms with E-state index in [-0.39, 0.29) is 23.1 Å². The Balaban J connectivity index is 1.67. The molecule has 1 saturated heterocycles. The number of aryl methyl sites for hydroxylation is 1. The number of hydrogen-bond donors (Lipinski definition) is 1. The predicted octanol–water partition coefficient (Wildman–Crippen LogP) is 0.685. The maximum absolute atomic E-state index is 12.8. The van der Waals surface area contributed by atoms with Gasteiger partial charge in [-0.2, -0.15) is 5.10 Å². The minimum atomic E-state index is -0.357. The van der Waals surface area contributed by atoms with Gasteiger partial charge in [0.05, 0.1) is 12.7 Å². The van der Waals surface area contributed by atoms with Crippen molar-refractivity contribution < 1.29 is 14.3 Å². The Kier molecular flexibility index (Phi) is 5.01. The summed E-state index contributed by atoms with van der Waals surface area (Å²) in [6.07, 6.45) is 0. The monoisotopic (exact) mass is 356 g/mol. The number of benzene rings is 1. The molecular weight excluding hydrogens is 336 g/mol. The molecule has 1 aromatic carbocycles. The average molecular weight is 356 g/mol. The number of carbonyl (C=O) groups is 2. The number of nitrogens with one attached hydrogen (secondary N) is 1. The number of aromatic nitrogens is 2. The van der Waals surface area contributed by atoms with E-state index in [4.69, 9.17) is 4.74 Å². The summed E-state index contributed by atoms with van der Waals surface area (Å²) < 4.78 is 5.29. The first-order valence-electron chi connectivity index (χ1n) is 8.28. The van der Waals surface area contributed by atoms with Crippen molar-refractivity contribution in [2.45, 2.75) is 6.92 Å². The van der Waals surface area contributed by atoms with Crippen molar-refractivity contribution in [3.8, 4) is 5.75 Å². The lowest BCUT2D eigenvalue weighted by Gasteiger charge is -2.34. The molecule has 2 aromatic rings. The minimum absolute atomic E-state index is 0.111. The summed E-state index contributed by atoms with van der Waals surface area (Å²) in [4.78, 5) is 39.6. The largest absolute Gasteiger partial charge is 0.496 e. The zero-order valence-electron chi connectivity index (χ0n) is 14.7. The van der Waals surface area contributed by atoms with Crippen LogP contribution in [0.15, 0.2) is 35.1 Å². The van der Waals surface area contributed by atoms with Crippen LogP contribution >= 0.6 is 0 Å². The fourth-order valence-corrected chi connectivity index (χ4v) is 2.90. The molecular formula is C18H20N4O4. The molecule has 0 radical (unpaired) electrons. The Bertz CT molecular complexity index is 865. The maximum Gasteiger partial charge on any atom is 0.274 e. The van der Waals surface area contributed by atoms with E-state index in [9.17, 15) is 14.4 Å². The topological polar surface area (TPSA) is 95.6 Å². The van der Waals surface area contributed by atoms with Crippen molar-refractivity contribution in [3.63, 3.8) is 0 Å². The van der Waals surface area contributed by atoms with Crippen LogP contribution in [0.4, 0.5) is 0 Å². The third-order valence-electron chi connectivity index (χ3n) is 4.34. The van der Waals surface area contributed by atoms with Crippen molar-refractivity contribution in [1.29, 1.82) is 0 Å². The molecule has 1 aliphatic rings. The number of carbonyl (C=O) groups excluding carboxylic acids is 2. The van der Waals surface area contributed by atoms with Crippen molar-refractivity contribution in [2.24, 2.45) is 0 Å². The molecule has 8 nitrogen and oxygen atoms in total. The van der Waals surface area contributed by atoms with Gasteiger partial charge < -0.3 is 14.5 Å². The average Bonchev–Trinajstić information content (AvgIpc) is 2.67. The molecule has 1 fully saturated rings. The van der Waals surface area contributed by atoms with Crippen LogP contribution in [0.5, 0.6) is 5.75 Å². The number of rotatable bonds is 3.